The summed E-state index contributed by atoms with van der Waals surface area (Å²) in [5.74, 6) is 0.0693. The van der Waals surface area contributed by atoms with Crippen LogP contribution < -0.4 is 9.47 Å². The summed E-state index contributed by atoms with van der Waals surface area (Å²) in [7, 11) is 3.01. The van der Waals surface area contributed by atoms with Crippen LogP contribution in [0.3, 0.4) is 0 Å². The highest BCUT2D eigenvalue weighted by Gasteiger charge is 2.13. The highest BCUT2D eigenvalue weighted by atomic mass is 16.5. The normalized spacial score (nSPS) is 11.1. The van der Waals surface area contributed by atoms with Crippen molar-refractivity contribution in [2.24, 2.45) is 0 Å². The van der Waals surface area contributed by atoms with Crippen LogP contribution in [-0.4, -0.2) is 30.4 Å². The Balaban J connectivity index is 2.52. The first-order chi connectivity index (χ1) is 10.5. The maximum atomic E-state index is 11.6. The Morgan fingerprint density at radius 1 is 1.00 bits per heavy atom. The first-order valence-corrected chi connectivity index (χ1v) is 6.51. The molecule has 5 nitrogen and oxygen atoms in total. The molecule has 2 rings (SSSR count). The Morgan fingerprint density at radius 3 is 2.00 bits per heavy atom. The number of hydrogen-bond donors (Lipinski definition) is 2. The van der Waals surface area contributed by atoms with Crippen molar-refractivity contribution in [2.45, 2.75) is 0 Å². The van der Waals surface area contributed by atoms with Gasteiger partial charge in [-0.1, -0.05) is 12.1 Å². The Hall–Kier alpha value is -2.95. The van der Waals surface area contributed by atoms with E-state index < -0.39 is 5.97 Å². The second kappa shape index (κ2) is 6.67. The number of aliphatic carboxylic acids is 1. The molecule has 0 atom stereocenters. The third kappa shape index (κ3) is 3.58. The van der Waals surface area contributed by atoms with Crippen LogP contribution in [0, 0.1) is 0 Å². The number of phenolic OH excluding ortho intramolecular Hbond substituents is 1. The lowest BCUT2D eigenvalue weighted by Crippen LogP contribution is -2.01. The van der Waals surface area contributed by atoms with Gasteiger partial charge in [-0.3, -0.25) is 0 Å². The van der Waals surface area contributed by atoms with E-state index in [1.165, 1.54) is 32.4 Å². The summed E-state index contributed by atoms with van der Waals surface area (Å²) < 4.78 is 10.3. The molecule has 0 aliphatic rings. The number of benzene rings is 2. The quantitative estimate of drug-likeness (QED) is 0.655. The molecule has 2 aromatic carbocycles. The van der Waals surface area contributed by atoms with Crippen LogP contribution in [0.2, 0.25) is 0 Å². The lowest BCUT2D eigenvalue weighted by Gasteiger charge is -2.09. The molecule has 2 aromatic rings. The maximum absolute atomic E-state index is 11.6. The number of phenols is 1. The number of carbonyl (C=O) groups is 1. The van der Waals surface area contributed by atoms with Gasteiger partial charge >= 0.3 is 5.97 Å². The molecule has 5 heteroatoms. The third-order valence-corrected chi connectivity index (χ3v) is 3.10. The number of carboxylic acid groups (broad SMARTS) is 1. The average Bonchev–Trinajstić information content (AvgIpc) is 2.53. The molecule has 0 heterocycles. The van der Waals surface area contributed by atoms with E-state index in [1.54, 1.807) is 30.3 Å². The Labute approximate surface area is 128 Å². The Bertz CT molecular complexity index is 679. The van der Waals surface area contributed by atoms with Gasteiger partial charge in [-0.2, -0.15) is 0 Å². The largest absolute Gasteiger partial charge is 0.508 e. The molecule has 0 aromatic heterocycles. The van der Waals surface area contributed by atoms with Gasteiger partial charge in [-0.25, -0.2) is 4.79 Å². The number of ether oxygens (including phenoxy) is 2. The van der Waals surface area contributed by atoms with Gasteiger partial charge in [0.05, 0.1) is 19.8 Å². The molecular formula is C17H16O5. The van der Waals surface area contributed by atoms with Gasteiger partial charge < -0.3 is 19.7 Å². The van der Waals surface area contributed by atoms with Gasteiger partial charge in [0.25, 0.3) is 0 Å². The topological polar surface area (TPSA) is 76.0 Å². The van der Waals surface area contributed by atoms with E-state index in [0.717, 1.165) is 0 Å². The van der Waals surface area contributed by atoms with Crippen molar-refractivity contribution in [3.63, 3.8) is 0 Å². The van der Waals surface area contributed by atoms with Crippen molar-refractivity contribution in [3.05, 3.63) is 53.6 Å². The van der Waals surface area contributed by atoms with Crippen molar-refractivity contribution < 1.29 is 24.5 Å². The molecule has 0 spiro atoms. The van der Waals surface area contributed by atoms with Crippen molar-refractivity contribution >= 4 is 17.6 Å². The zero-order valence-electron chi connectivity index (χ0n) is 12.2. The molecule has 0 aliphatic carbocycles. The fourth-order valence-electron chi connectivity index (χ4n) is 1.97. The molecule has 0 aliphatic heterocycles. The fraction of sp³-hybridized carbons (Fsp3) is 0.118. The Kier molecular flexibility index (Phi) is 4.68. The highest BCUT2D eigenvalue weighted by Crippen LogP contribution is 2.28. The fourth-order valence-corrected chi connectivity index (χ4v) is 1.97. The van der Waals surface area contributed by atoms with E-state index in [-0.39, 0.29) is 11.3 Å². The lowest BCUT2D eigenvalue weighted by atomic mass is 10.0. The van der Waals surface area contributed by atoms with Crippen molar-refractivity contribution in [3.8, 4) is 17.2 Å². The zero-order chi connectivity index (χ0) is 16.1. The van der Waals surface area contributed by atoms with Crippen LogP contribution in [0.5, 0.6) is 17.2 Å². The minimum absolute atomic E-state index is 0.0999. The summed E-state index contributed by atoms with van der Waals surface area (Å²) in [4.78, 5) is 11.6. The standard InChI is InChI=1S/C17H16O5/c1-21-14-8-12(9-15(10-14)22-2)16(17(19)20)7-11-3-5-13(18)6-4-11/h3-10,18H,1-2H3,(H,19,20). The molecule has 0 radical (unpaired) electrons. The number of rotatable bonds is 5. The van der Waals surface area contributed by atoms with E-state index in [1.807, 2.05) is 0 Å². The second-order valence-electron chi connectivity index (χ2n) is 4.56. The Morgan fingerprint density at radius 2 is 1.55 bits per heavy atom. The van der Waals surface area contributed by atoms with Crippen LogP contribution in [-0.2, 0) is 4.79 Å². The van der Waals surface area contributed by atoms with E-state index in [2.05, 4.69) is 0 Å². The molecule has 0 bridgehead atoms. The van der Waals surface area contributed by atoms with Gasteiger partial charge in [0.1, 0.15) is 17.2 Å². The lowest BCUT2D eigenvalue weighted by molar-refractivity contribution is -0.130. The number of carboxylic acids is 1. The van der Waals surface area contributed by atoms with Crippen molar-refractivity contribution in [1.82, 2.24) is 0 Å². The van der Waals surface area contributed by atoms with Crippen LogP contribution in [0.1, 0.15) is 11.1 Å². The zero-order valence-corrected chi connectivity index (χ0v) is 12.2. The summed E-state index contributed by atoms with van der Waals surface area (Å²) in [6.45, 7) is 0. The van der Waals surface area contributed by atoms with E-state index in [0.29, 0.717) is 22.6 Å². The summed E-state index contributed by atoms with van der Waals surface area (Å²) in [5, 5.41) is 18.8. The molecule has 22 heavy (non-hydrogen) atoms. The molecule has 2 N–H and O–H groups in total. The third-order valence-electron chi connectivity index (χ3n) is 3.10. The maximum Gasteiger partial charge on any atom is 0.336 e. The SMILES string of the molecule is COc1cc(OC)cc(C(=Cc2ccc(O)cc2)C(=O)O)c1. The predicted octanol–water partition coefficient (Wildman–Crippen LogP) is 3.03. The predicted molar refractivity (Wildman–Crippen MR) is 83.2 cm³/mol. The van der Waals surface area contributed by atoms with Crippen molar-refractivity contribution in [1.29, 1.82) is 0 Å². The number of hydrogen-bond acceptors (Lipinski definition) is 4. The monoisotopic (exact) mass is 300 g/mol. The smallest absolute Gasteiger partial charge is 0.336 e. The summed E-state index contributed by atoms with van der Waals surface area (Å²) in [6, 6.07) is 11.2. The summed E-state index contributed by atoms with van der Waals surface area (Å²) in [5.41, 5.74) is 1.23. The van der Waals surface area contributed by atoms with Gasteiger partial charge in [0, 0.05) is 6.07 Å². The molecule has 0 fully saturated rings. The van der Waals surface area contributed by atoms with Crippen LogP contribution >= 0.6 is 0 Å². The van der Waals surface area contributed by atoms with Crippen LogP contribution in [0.4, 0.5) is 0 Å². The first kappa shape index (κ1) is 15.4. The number of aromatic hydroxyl groups is 1. The van der Waals surface area contributed by atoms with Crippen molar-refractivity contribution in [2.75, 3.05) is 14.2 Å². The number of methoxy groups -OCH3 is 2. The van der Waals surface area contributed by atoms with Crippen LogP contribution in [0.15, 0.2) is 42.5 Å². The molecule has 0 unspecified atom stereocenters. The second-order valence-corrected chi connectivity index (χ2v) is 4.56. The minimum atomic E-state index is -1.07. The van der Waals surface area contributed by atoms with Gasteiger partial charge in [0.15, 0.2) is 0 Å². The molecule has 114 valence electrons. The van der Waals surface area contributed by atoms with Gasteiger partial charge in [0.2, 0.25) is 0 Å². The first-order valence-electron chi connectivity index (χ1n) is 6.51. The minimum Gasteiger partial charge on any atom is -0.508 e. The van der Waals surface area contributed by atoms with E-state index >= 15 is 0 Å². The average molecular weight is 300 g/mol. The van der Waals surface area contributed by atoms with E-state index in [4.69, 9.17) is 9.47 Å². The molecule has 0 saturated carbocycles. The van der Waals surface area contributed by atoms with E-state index in [9.17, 15) is 15.0 Å². The summed E-state index contributed by atoms with van der Waals surface area (Å²) >= 11 is 0. The molecule has 0 saturated heterocycles. The van der Waals surface area contributed by atoms with Gasteiger partial charge in [-0.15, -0.1) is 0 Å². The summed E-state index contributed by atoms with van der Waals surface area (Å²) in [6.07, 6.45) is 1.52. The molecular weight excluding hydrogens is 284 g/mol. The van der Waals surface area contributed by atoms with Gasteiger partial charge in [-0.05, 0) is 41.5 Å². The molecule has 0 amide bonds. The highest BCUT2D eigenvalue weighted by molar-refractivity contribution is 6.20. The van der Waals surface area contributed by atoms with Crippen LogP contribution in [0.25, 0.3) is 11.6 Å².